The number of carboxylic acid groups (broad SMARTS) is 1. The van der Waals surface area contributed by atoms with E-state index in [1.165, 1.54) is 36.8 Å². The number of furan rings is 1. The molecule has 1 fully saturated rings. The molecule has 10 nitrogen and oxygen atoms in total. The zero-order valence-electron chi connectivity index (χ0n) is 20.2. The number of amides is 1. The lowest BCUT2D eigenvalue weighted by molar-refractivity contribution is -0.144. The highest BCUT2D eigenvalue weighted by Crippen LogP contribution is 2.28. The van der Waals surface area contributed by atoms with Gasteiger partial charge in [0.15, 0.2) is 0 Å². The SMILES string of the molecule is Nc1cccc(S(=O)(=O)N(C[C@H](O)[C@H](Cc2ccccc2)N(C(=O)O)c2ccoc2)OC2CCCC2)c1. The van der Waals surface area contributed by atoms with Crippen molar-refractivity contribution >= 4 is 27.5 Å². The first-order valence-electron chi connectivity index (χ1n) is 12.1. The summed E-state index contributed by atoms with van der Waals surface area (Å²) in [7, 11) is -4.23. The van der Waals surface area contributed by atoms with Crippen molar-refractivity contribution in [3.05, 3.63) is 78.8 Å². The minimum Gasteiger partial charge on any atom is -0.470 e. The van der Waals surface area contributed by atoms with Crippen LogP contribution in [0, 0.1) is 0 Å². The van der Waals surface area contributed by atoms with Crippen molar-refractivity contribution in [1.82, 2.24) is 4.47 Å². The van der Waals surface area contributed by atoms with Gasteiger partial charge in [-0.2, -0.15) is 0 Å². The van der Waals surface area contributed by atoms with Crippen LogP contribution in [0.15, 0.2) is 82.5 Å². The molecule has 37 heavy (non-hydrogen) atoms. The Morgan fingerprint density at radius 2 is 1.84 bits per heavy atom. The van der Waals surface area contributed by atoms with E-state index < -0.39 is 34.8 Å². The normalized spacial score (nSPS) is 16.1. The molecular weight excluding hydrogens is 498 g/mol. The number of nitrogen functional groups attached to an aromatic ring is 1. The van der Waals surface area contributed by atoms with Crippen molar-refractivity contribution in [2.45, 2.75) is 55.2 Å². The number of hydrogen-bond acceptors (Lipinski definition) is 7. The number of sulfonamides is 1. The Labute approximate surface area is 215 Å². The van der Waals surface area contributed by atoms with Crippen molar-refractivity contribution in [3.8, 4) is 0 Å². The molecule has 1 saturated carbocycles. The third-order valence-electron chi connectivity index (χ3n) is 6.38. The summed E-state index contributed by atoms with van der Waals surface area (Å²) in [6.45, 7) is -0.493. The molecule has 0 radical (unpaired) electrons. The van der Waals surface area contributed by atoms with Crippen LogP contribution < -0.4 is 10.6 Å². The number of hydroxylamine groups is 1. The largest absolute Gasteiger partial charge is 0.470 e. The zero-order chi connectivity index (χ0) is 26.4. The van der Waals surface area contributed by atoms with E-state index in [0.717, 1.165) is 27.8 Å². The van der Waals surface area contributed by atoms with Crippen molar-refractivity contribution < 1.29 is 32.7 Å². The zero-order valence-corrected chi connectivity index (χ0v) is 21.0. The second-order valence-corrected chi connectivity index (χ2v) is 10.9. The number of nitrogens with zero attached hydrogens (tertiary/aromatic N) is 2. The summed E-state index contributed by atoms with van der Waals surface area (Å²) in [6.07, 6.45) is 2.78. The van der Waals surface area contributed by atoms with Gasteiger partial charge in [0.25, 0.3) is 10.0 Å². The van der Waals surface area contributed by atoms with Crippen LogP contribution in [0.25, 0.3) is 0 Å². The molecule has 1 amide bonds. The van der Waals surface area contributed by atoms with Crippen molar-refractivity contribution in [3.63, 3.8) is 0 Å². The number of anilines is 2. The first-order valence-corrected chi connectivity index (χ1v) is 13.5. The Morgan fingerprint density at radius 3 is 2.46 bits per heavy atom. The molecule has 4 rings (SSSR count). The smallest absolute Gasteiger partial charge is 0.412 e. The predicted octanol–water partition coefficient (Wildman–Crippen LogP) is 3.88. The van der Waals surface area contributed by atoms with Gasteiger partial charge in [0.2, 0.25) is 0 Å². The lowest BCUT2D eigenvalue weighted by Crippen LogP contribution is -2.53. The van der Waals surface area contributed by atoms with E-state index in [1.807, 2.05) is 30.3 Å². The molecule has 1 aliphatic carbocycles. The van der Waals surface area contributed by atoms with Crippen LogP contribution in [0.5, 0.6) is 0 Å². The summed E-state index contributed by atoms with van der Waals surface area (Å²) < 4.78 is 33.1. The summed E-state index contributed by atoms with van der Waals surface area (Å²) in [5, 5.41) is 21.5. The first kappa shape index (κ1) is 26.7. The average molecular weight is 530 g/mol. The molecule has 0 unspecified atom stereocenters. The van der Waals surface area contributed by atoms with Crippen LogP contribution in [0.4, 0.5) is 16.2 Å². The Hall–Kier alpha value is -3.38. The predicted molar refractivity (Wildman–Crippen MR) is 137 cm³/mol. The molecule has 3 aromatic rings. The van der Waals surface area contributed by atoms with E-state index in [0.29, 0.717) is 12.8 Å². The van der Waals surface area contributed by atoms with E-state index in [2.05, 4.69) is 0 Å². The Bertz CT molecular complexity index is 1260. The fourth-order valence-electron chi connectivity index (χ4n) is 4.52. The number of nitrogens with two attached hydrogens (primary N) is 1. The molecule has 4 N–H and O–H groups in total. The first-order chi connectivity index (χ1) is 17.8. The highest BCUT2D eigenvalue weighted by atomic mass is 32.2. The summed E-state index contributed by atoms with van der Waals surface area (Å²) in [4.78, 5) is 19.2. The molecule has 1 heterocycles. The molecule has 1 aromatic heterocycles. The van der Waals surface area contributed by atoms with Crippen molar-refractivity contribution in [2.75, 3.05) is 17.2 Å². The van der Waals surface area contributed by atoms with Gasteiger partial charge >= 0.3 is 6.09 Å². The third kappa shape index (κ3) is 6.50. The summed E-state index contributed by atoms with van der Waals surface area (Å²) in [5.74, 6) is 0. The lowest BCUT2D eigenvalue weighted by Gasteiger charge is -2.35. The molecule has 11 heteroatoms. The van der Waals surface area contributed by atoms with Crippen molar-refractivity contribution in [2.24, 2.45) is 0 Å². The number of aliphatic hydroxyl groups excluding tert-OH is 1. The Balaban J connectivity index is 1.68. The van der Waals surface area contributed by atoms with Crippen molar-refractivity contribution in [1.29, 1.82) is 0 Å². The maximum atomic E-state index is 13.6. The molecule has 0 aliphatic heterocycles. The van der Waals surface area contributed by atoms with E-state index in [4.69, 9.17) is 15.0 Å². The number of benzene rings is 2. The van der Waals surface area contributed by atoms with Crippen LogP contribution in [-0.4, -0.2) is 54.0 Å². The van der Waals surface area contributed by atoms with Gasteiger partial charge in [-0.3, -0.25) is 9.74 Å². The highest BCUT2D eigenvalue weighted by molar-refractivity contribution is 7.89. The molecule has 0 spiro atoms. The number of carbonyl (C=O) groups is 1. The maximum Gasteiger partial charge on any atom is 0.412 e. The Morgan fingerprint density at radius 1 is 1.11 bits per heavy atom. The average Bonchev–Trinajstić information content (AvgIpc) is 3.58. The fraction of sp³-hybridized carbons (Fsp3) is 0.346. The van der Waals surface area contributed by atoms with E-state index in [1.54, 1.807) is 6.07 Å². The number of hydrogen-bond donors (Lipinski definition) is 3. The molecular formula is C26H31N3O7S. The monoisotopic (exact) mass is 529 g/mol. The summed E-state index contributed by atoms with van der Waals surface area (Å²) in [5.41, 5.74) is 7.08. The van der Waals surface area contributed by atoms with Crippen LogP contribution in [0.2, 0.25) is 0 Å². The van der Waals surface area contributed by atoms with Gasteiger partial charge in [-0.25, -0.2) is 13.2 Å². The topological polar surface area (TPSA) is 147 Å². The fourth-order valence-corrected chi connectivity index (χ4v) is 5.87. The third-order valence-corrected chi connectivity index (χ3v) is 8.00. The molecule has 2 aromatic carbocycles. The van der Waals surface area contributed by atoms with E-state index in [9.17, 15) is 23.4 Å². The lowest BCUT2D eigenvalue weighted by atomic mass is 9.99. The Kier molecular flexibility index (Phi) is 8.49. The quantitative estimate of drug-likeness (QED) is 0.250. The van der Waals surface area contributed by atoms with E-state index >= 15 is 0 Å². The minimum absolute atomic E-state index is 0.0813. The van der Waals surface area contributed by atoms with Gasteiger partial charge in [-0.1, -0.05) is 53.7 Å². The molecule has 0 saturated heterocycles. The van der Waals surface area contributed by atoms with Gasteiger partial charge < -0.3 is 20.4 Å². The van der Waals surface area contributed by atoms with E-state index in [-0.39, 0.29) is 28.8 Å². The minimum atomic E-state index is -4.23. The van der Waals surface area contributed by atoms with Crippen LogP contribution >= 0.6 is 0 Å². The van der Waals surface area contributed by atoms with Crippen LogP contribution in [0.3, 0.4) is 0 Å². The van der Waals surface area contributed by atoms with Gasteiger partial charge in [0.1, 0.15) is 6.26 Å². The maximum absolute atomic E-state index is 13.6. The van der Waals surface area contributed by atoms with Crippen LogP contribution in [-0.2, 0) is 21.3 Å². The number of rotatable bonds is 11. The van der Waals surface area contributed by atoms with Gasteiger partial charge in [0.05, 0.1) is 41.6 Å². The standard InChI is InChI=1S/C26H31N3O7S/c27-20-9-6-12-23(16-20)37(33,34)28(36-22-10-4-5-11-22)17-25(30)24(15-19-7-2-1-3-8-19)29(26(31)32)21-13-14-35-18-21/h1-3,6-9,12-14,16,18,22,24-25,30H,4-5,10-11,15,17,27H2,(H,31,32)/t24-,25-/m0/s1. The molecule has 1 aliphatic rings. The van der Waals surface area contributed by atoms with Crippen LogP contribution in [0.1, 0.15) is 31.2 Å². The second kappa shape index (κ2) is 11.8. The second-order valence-electron chi connectivity index (χ2n) is 9.03. The molecule has 2 atom stereocenters. The summed E-state index contributed by atoms with van der Waals surface area (Å²) in [6, 6.07) is 15.3. The van der Waals surface area contributed by atoms with Gasteiger partial charge in [-0.15, -0.1) is 0 Å². The number of aliphatic hydroxyl groups is 1. The molecule has 0 bridgehead atoms. The van der Waals surface area contributed by atoms with Gasteiger partial charge in [0, 0.05) is 11.8 Å². The van der Waals surface area contributed by atoms with Gasteiger partial charge in [-0.05, 0) is 43.0 Å². The summed E-state index contributed by atoms with van der Waals surface area (Å²) >= 11 is 0. The molecule has 198 valence electrons. The highest BCUT2D eigenvalue weighted by Gasteiger charge is 2.38.